The lowest BCUT2D eigenvalue weighted by atomic mass is 10.0. The van der Waals surface area contributed by atoms with Crippen LogP contribution in [0.2, 0.25) is 0 Å². The first-order chi connectivity index (χ1) is 14.6. The number of hydrogen-bond acceptors (Lipinski definition) is 5. The predicted octanol–water partition coefficient (Wildman–Crippen LogP) is 3.47. The van der Waals surface area contributed by atoms with E-state index in [-0.39, 0.29) is 17.9 Å². The largest absolute Gasteiger partial charge is 0.350 e. The molecule has 1 aliphatic rings. The number of piperidine rings is 1. The number of anilines is 2. The van der Waals surface area contributed by atoms with Gasteiger partial charge in [-0.2, -0.15) is 0 Å². The van der Waals surface area contributed by atoms with Gasteiger partial charge in [0, 0.05) is 42.0 Å². The van der Waals surface area contributed by atoms with Gasteiger partial charge in [0.1, 0.15) is 0 Å². The van der Waals surface area contributed by atoms with Gasteiger partial charge in [0.25, 0.3) is 5.91 Å². The van der Waals surface area contributed by atoms with Gasteiger partial charge in [-0.15, -0.1) is 0 Å². The topological polar surface area (TPSA) is 87.2 Å². The van der Waals surface area contributed by atoms with Gasteiger partial charge in [0.05, 0.1) is 5.52 Å². The molecule has 1 fully saturated rings. The molecule has 1 atom stereocenters. The van der Waals surface area contributed by atoms with E-state index >= 15 is 0 Å². The first-order valence-corrected chi connectivity index (χ1v) is 9.93. The van der Waals surface area contributed by atoms with Gasteiger partial charge >= 0.3 is 0 Å². The van der Waals surface area contributed by atoms with Crippen molar-refractivity contribution in [1.82, 2.24) is 14.9 Å². The Balaban J connectivity index is 1.40. The van der Waals surface area contributed by atoms with Crippen molar-refractivity contribution in [3.8, 4) is 0 Å². The lowest BCUT2D eigenvalue weighted by Crippen LogP contribution is -2.45. The van der Waals surface area contributed by atoms with Crippen molar-refractivity contribution in [3.05, 3.63) is 72.9 Å². The molecule has 0 bridgehead atoms. The standard InChI is InChI=1S/C23H23N5O2/c1-2-21(29)25-18-11-9-16(10-12-18)22(30)28-13-5-7-19(15-28)26-23-24-14-17-6-3-4-8-20(17)27-23/h2-4,6,8-12,14,19H,1,5,7,13,15H2,(H,25,29)(H,24,26,27)/t19-/m0/s1. The van der Waals surface area contributed by atoms with Crippen LogP contribution >= 0.6 is 0 Å². The van der Waals surface area contributed by atoms with Crippen LogP contribution in [0, 0.1) is 0 Å². The van der Waals surface area contributed by atoms with Gasteiger partial charge in [0.2, 0.25) is 11.9 Å². The molecule has 0 unspecified atom stereocenters. The summed E-state index contributed by atoms with van der Waals surface area (Å²) in [7, 11) is 0. The number of likely N-dealkylation sites (tertiary alicyclic amines) is 1. The third-order valence-electron chi connectivity index (χ3n) is 5.12. The van der Waals surface area contributed by atoms with Crippen molar-refractivity contribution >= 4 is 34.4 Å². The Kier molecular flexibility index (Phi) is 5.70. The summed E-state index contributed by atoms with van der Waals surface area (Å²) >= 11 is 0. The third-order valence-corrected chi connectivity index (χ3v) is 5.12. The number of nitrogens with one attached hydrogen (secondary N) is 2. The molecule has 0 radical (unpaired) electrons. The van der Waals surface area contributed by atoms with E-state index in [4.69, 9.17) is 0 Å². The van der Waals surface area contributed by atoms with Crippen LogP contribution in [0.3, 0.4) is 0 Å². The van der Waals surface area contributed by atoms with E-state index in [9.17, 15) is 9.59 Å². The minimum atomic E-state index is -0.282. The zero-order valence-electron chi connectivity index (χ0n) is 16.5. The lowest BCUT2D eigenvalue weighted by Gasteiger charge is -2.33. The Labute approximate surface area is 174 Å². The van der Waals surface area contributed by atoms with Crippen LogP contribution in [0.5, 0.6) is 0 Å². The Bertz CT molecular complexity index is 1080. The highest BCUT2D eigenvalue weighted by molar-refractivity contribution is 5.99. The number of benzene rings is 2. The summed E-state index contributed by atoms with van der Waals surface area (Å²) in [4.78, 5) is 35.1. The molecule has 3 aromatic rings. The second-order valence-electron chi connectivity index (χ2n) is 7.26. The molecular weight excluding hydrogens is 378 g/mol. The molecule has 1 aliphatic heterocycles. The molecule has 4 rings (SSSR count). The van der Waals surface area contributed by atoms with Crippen LogP contribution < -0.4 is 10.6 Å². The average molecular weight is 401 g/mol. The molecule has 0 saturated carbocycles. The molecule has 1 saturated heterocycles. The SMILES string of the molecule is C=CC(=O)Nc1ccc(C(=O)N2CCC[C@H](Nc3ncc4ccccc4n3)C2)cc1. The fourth-order valence-electron chi connectivity index (χ4n) is 3.58. The van der Waals surface area contributed by atoms with Crippen molar-refractivity contribution in [3.63, 3.8) is 0 Å². The van der Waals surface area contributed by atoms with E-state index in [1.165, 1.54) is 6.08 Å². The fourth-order valence-corrected chi connectivity index (χ4v) is 3.58. The fraction of sp³-hybridized carbons (Fsp3) is 0.217. The third kappa shape index (κ3) is 4.46. The number of fused-ring (bicyclic) bond motifs is 1. The van der Waals surface area contributed by atoms with Crippen LogP contribution in [-0.4, -0.2) is 45.8 Å². The summed E-state index contributed by atoms with van der Waals surface area (Å²) < 4.78 is 0. The maximum Gasteiger partial charge on any atom is 0.253 e. The van der Waals surface area contributed by atoms with Crippen molar-refractivity contribution in [2.24, 2.45) is 0 Å². The van der Waals surface area contributed by atoms with Gasteiger partial charge in [-0.1, -0.05) is 24.8 Å². The second kappa shape index (κ2) is 8.73. The molecular formula is C23H23N5O2. The number of carbonyl (C=O) groups excluding carboxylic acids is 2. The Morgan fingerprint density at radius 3 is 2.73 bits per heavy atom. The monoisotopic (exact) mass is 401 g/mol. The minimum Gasteiger partial charge on any atom is -0.350 e. The molecule has 1 aromatic heterocycles. The summed E-state index contributed by atoms with van der Waals surface area (Å²) in [5.41, 5.74) is 2.11. The molecule has 7 heteroatoms. The molecule has 2 amide bonds. The molecule has 2 N–H and O–H groups in total. The zero-order chi connectivity index (χ0) is 20.9. The lowest BCUT2D eigenvalue weighted by molar-refractivity contribution is -0.111. The number of hydrogen-bond donors (Lipinski definition) is 2. The number of amides is 2. The molecule has 2 aromatic carbocycles. The first kappa shape index (κ1) is 19.6. The molecule has 7 nitrogen and oxygen atoms in total. The van der Waals surface area contributed by atoms with Crippen LogP contribution in [0.4, 0.5) is 11.6 Å². The van der Waals surface area contributed by atoms with E-state index in [1.807, 2.05) is 35.4 Å². The molecule has 0 spiro atoms. The van der Waals surface area contributed by atoms with Crippen LogP contribution in [0.1, 0.15) is 23.2 Å². The van der Waals surface area contributed by atoms with Crippen LogP contribution in [-0.2, 0) is 4.79 Å². The van der Waals surface area contributed by atoms with E-state index in [2.05, 4.69) is 27.2 Å². The maximum absolute atomic E-state index is 12.9. The smallest absolute Gasteiger partial charge is 0.253 e. The summed E-state index contributed by atoms with van der Waals surface area (Å²) in [5.74, 6) is 0.271. The van der Waals surface area contributed by atoms with Crippen molar-refractivity contribution in [2.75, 3.05) is 23.7 Å². The Hall–Kier alpha value is -3.74. The average Bonchev–Trinajstić information content (AvgIpc) is 2.79. The van der Waals surface area contributed by atoms with Gasteiger partial charge in [0.15, 0.2) is 0 Å². The maximum atomic E-state index is 12.9. The number of para-hydroxylation sites is 1. The highest BCUT2D eigenvalue weighted by Crippen LogP contribution is 2.19. The summed E-state index contributed by atoms with van der Waals surface area (Å²) in [6, 6.07) is 14.8. The van der Waals surface area contributed by atoms with Crippen molar-refractivity contribution in [1.29, 1.82) is 0 Å². The van der Waals surface area contributed by atoms with Gasteiger partial charge in [-0.25, -0.2) is 9.97 Å². The van der Waals surface area contributed by atoms with E-state index in [1.54, 1.807) is 24.3 Å². The molecule has 2 heterocycles. The van der Waals surface area contributed by atoms with Crippen LogP contribution in [0.25, 0.3) is 10.9 Å². The minimum absolute atomic E-state index is 0.0254. The first-order valence-electron chi connectivity index (χ1n) is 9.93. The summed E-state index contributed by atoms with van der Waals surface area (Å²) in [5, 5.41) is 7.05. The van der Waals surface area contributed by atoms with Gasteiger partial charge in [-0.3, -0.25) is 9.59 Å². The molecule has 152 valence electrons. The quantitative estimate of drug-likeness (QED) is 0.639. The van der Waals surface area contributed by atoms with Gasteiger partial charge in [-0.05, 0) is 49.2 Å². The number of rotatable bonds is 5. The van der Waals surface area contributed by atoms with Crippen LogP contribution in [0.15, 0.2) is 67.4 Å². The molecule has 30 heavy (non-hydrogen) atoms. The predicted molar refractivity (Wildman–Crippen MR) is 117 cm³/mol. The normalized spacial score (nSPS) is 16.1. The zero-order valence-corrected chi connectivity index (χ0v) is 16.5. The van der Waals surface area contributed by atoms with E-state index < -0.39 is 0 Å². The number of carbonyl (C=O) groups is 2. The highest BCUT2D eigenvalue weighted by Gasteiger charge is 2.25. The highest BCUT2D eigenvalue weighted by atomic mass is 16.2. The molecule has 0 aliphatic carbocycles. The van der Waals surface area contributed by atoms with Gasteiger partial charge < -0.3 is 15.5 Å². The Morgan fingerprint density at radius 2 is 1.93 bits per heavy atom. The van der Waals surface area contributed by atoms with Crippen molar-refractivity contribution in [2.45, 2.75) is 18.9 Å². The number of nitrogens with zero attached hydrogens (tertiary/aromatic N) is 3. The summed E-state index contributed by atoms with van der Waals surface area (Å²) in [6.07, 6.45) is 4.87. The second-order valence-corrected chi connectivity index (χ2v) is 7.26. The van der Waals surface area contributed by atoms with E-state index in [0.29, 0.717) is 30.3 Å². The Morgan fingerprint density at radius 1 is 1.13 bits per heavy atom. The van der Waals surface area contributed by atoms with Crippen molar-refractivity contribution < 1.29 is 9.59 Å². The summed E-state index contributed by atoms with van der Waals surface area (Å²) in [6.45, 7) is 4.73. The number of aromatic nitrogens is 2. The van der Waals surface area contributed by atoms with E-state index in [0.717, 1.165) is 23.7 Å².